The summed E-state index contributed by atoms with van der Waals surface area (Å²) in [6.07, 6.45) is 0. The molecular formula is C31H24Cl2N2O3. The highest BCUT2D eigenvalue weighted by atomic mass is 35.5. The van der Waals surface area contributed by atoms with Crippen LogP contribution in [-0.2, 0) is 16.1 Å². The second-order valence-electron chi connectivity index (χ2n) is 9.60. The van der Waals surface area contributed by atoms with E-state index >= 15 is 0 Å². The number of ether oxygens (including phenoxy) is 1. The number of Topliss-reactive ketones (excluding diaryl/α,β-unsaturated/α-hetero) is 1. The number of para-hydroxylation sites is 1. The number of esters is 1. The van der Waals surface area contributed by atoms with Crippen LogP contribution in [0.25, 0.3) is 16.6 Å². The number of benzene rings is 3. The maximum absolute atomic E-state index is 13.9. The molecule has 1 aliphatic carbocycles. The van der Waals surface area contributed by atoms with Gasteiger partial charge in [-0.1, -0.05) is 71.7 Å². The van der Waals surface area contributed by atoms with Crippen LogP contribution in [-0.4, -0.2) is 23.4 Å². The van der Waals surface area contributed by atoms with Crippen molar-refractivity contribution in [2.24, 2.45) is 0 Å². The molecule has 0 saturated carbocycles. The molecule has 0 amide bonds. The van der Waals surface area contributed by atoms with Crippen molar-refractivity contribution in [3.63, 3.8) is 0 Å². The van der Waals surface area contributed by atoms with Gasteiger partial charge in [0.1, 0.15) is 0 Å². The molecule has 3 aromatic carbocycles. The fourth-order valence-electron chi connectivity index (χ4n) is 5.84. The van der Waals surface area contributed by atoms with E-state index in [1.165, 1.54) is 7.11 Å². The summed E-state index contributed by atoms with van der Waals surface area (Å²) in [6.45, 7) is 4.44. The van der Waals surface area contributed by atoms with Crippen molar-refractivity contribution in [1.82, 2.24) is 9.88 Å². The lowest BCUT2D eigenvalue weighted by Gasteiger charge is -2.29. The summed E-state index contributed by atoms with van der Waals surface area (Å²) >= 11 is 12.5. The van der Waals surface area contributed by atoms with Gasteiger partial charge in [0.15, 0.2) is 5.78 Å². The SMILES string of the molecule is COC(=O)C1=C(C)NC2=C(C(=O)c3ccccc32)[C@H]1c1c(C)n(Cc2ccc(Cl)c(Cl)c2)c2ccccc12. The number of rotatable bonds is 4. The zero-order chi connectivity index (χ0) is 26.7. The average Bonchev–Trinajstić information content (AvgIpc) is 3.36. The molecule has 1 aliphatic heterocycles. The van der Waals surface area contributed by atoms with Gasteiger partial charge < -0.3 is 14.6 Å². The maximum Gasteiger partial charge on any atom is 0.336 e. The van der Waals surface area contributed by atoms with Crippen LogP contribution >= 0.6 is 23.2 Å². The summed E-state index contributed by atoms with van der Waals surface area (Å²) in [5.74, 6) is -1.14. The number of ketones is 1. The van der Waals surface area contributed by atoms with Gasteiger partial charge in [-0.3, -0.25) is 4.79 Å². The van der Waals surface area contributed by atoms with Gasteiger partial charge in [0, 0.05) is 45.5 Å². The van der Waals surface area contributed by atoms with Crippen LogP contribution in [0.2, 0.25) is 10.0 Å². The molecular weight excluding hydrogens is 519 g/mol. The van der Waals surface area contributed by atoms with E-state index in [-0.39, 0.29) is 5.78 Å². The number of dihydropyridines is 1. The van der Waals surface area contributed by atoms with Gasteiger partial charge in [-0.15, -0.1) is 0 Å². The van der Waals surface area contributed by atoms with E-state index in [0.717, 1.165) is 39.0 Å². The van der Waals surface area contributed by atoms with Crippen LogP contribution in [0.4, 0.5) is 0 Å². The van der Waals surface area contributed by atoms with Crippen molar-refractivity contribution < 1.29 is 14.3 Å². The molecule has 0 bridgehead atoms. The standard InChI is InChI=1S/C31H24Cl2N2O3/c1-16-25(31(37)38-3)27(28-29(34-16)19-8-4-5-9-20(19)30(28)36)26-17(2)35(24-11-7-6-10-21(24)26)15-18-12-13-22(32)23(33)14-18/h4-14,27,34H,15H2,1-3H3/t27-/m1/s1. The first-order valence-electron chi connectivity index (χ1n) is 12.3. The monoisotopic (exact) mass is 542 g/mol. The van der Waals surface area contributed by atoms with Crippen LogP contribution in [0.3, 0.4) is 0 Å². The van der Waals surface area contributed by atoms with Gasteiger partial charge in [-0.05, 0) is 43.2 Å². The third-order valence-electron chi connectivity index (χ3n) is 7.55. The number of carbonyl (C=O) groups excluding carboxylic acids is 2. The third kappa shape index (κ3) is 3.61. The van der Waals surface area contributed by atoms with Crippen molar-refractivity contribution in [1.29, 1.82) is 0 Å². The zero-order valence-corrected chi connectivity index (χ0v) is 22.6. The van der Waals surface area contributed by atoms with Crippen molar-refractivity contribution in [2.45, 2.75) is 26.3 Å². The van der Waals surface area contributed by atoms with E-state index in [9.17, 15) is 9.59 Å². The Morgan fingerprint density at radius 3 is 2.42 bits per heavy atom. The molecule has 1 atom stereocenters. The molecule has 0 spiro atoms. The van der Waals surface area contributed by atoms with Crippen LogP contribution in [0.5, 0.6) is 0 Å². The summed E-state index contributed by atoms with van der Waals surface area (Å²) in [6, 6.07) is 21.2. The first-order chi connectivity index (χ1) is 18.3. The van der Waals surface area contributed by atoms with Crippen molar-refractivity contribution >= 4 is 51.6 Å². The second-order valence-corrected chi connectivity index (χ2v) is 10.4. The van der Waals surface area contributed by atoms with E-state index < -0.39 is 11.9 Å². The molecule has 7 heteroatoms. The highest BCUT2D eigenvalue weighted by Gasteiger charge is 2.44. The fourth-order valence-corrected chi connectivity index (χ4v) is 6.17. The minimum Gasteiger partial charge on any atom is -0.466 e. The maximum atomic E-state index is 13.9. The zero-order valence-electron chi connectivity index (χ0n) is 21.1. The third-order valence-corrected chi connectivity index (χ3v) is 8.29. The number of allylic oxidation sites excluding steroid dienone is 2. The Hall–Kier alpha value is -3.80. The van der Waals surface area contributed by atoms with Crippen LogP contribution < -0.4 is 5.32 Å². The molecule has 5 nitrogen and oxygen atoms in total. The van der Waals surface area contributed by atoms with Crippen LogP contribution in [0.15, 0.2) is 83.6 Å². The van der Waals surface area contributed by atoms with Crippen molar-refractivity contribution in [2.75, 3.05) is 7.11 Å². The predicted octanol–water partition coefficient (Wildman–Crippen LogP) is 7.05. The predicted molar refractivity (Wildman–Crippen MR) is 151 cm³/mol. The molecule has 1 N–H and O–H groups in total. The van der Waals surface area contributed by atoms with E-state index in [1.54, 1.807) is 6.07 Å². The van der Waals surface area contributed by atoms with Gasteiger partial charge in [0.05, 0.1) is 34.3 Å². The summed E-state index contributed by atoms with van der Waals surface area (Å²) < 4.78 is 7.44. The minimum absolute atomic E-state index is 0.0808. The molecule has 190 valence electrons. The summed E-state index contributed by atoms with van der Waals surface area (Å²) in [5.41, 5.74) is 7.76. The number of hydrogen-bond acceptors (Lipinski definition) is 4. The Morgan fingerprint density at radius 2 is 1.68 bits per heavy atom. The molecule has 0 unspecified atom stereocenters. The molecule has 38 heavy (non-hydrogen) atoms. The van der Waals surface area contributed by atoms with E-state index in [2.05, 4.69) is 16.0 Å². The molecule has 0 fully saturated rings. The highest BCUT2D eigenvalue weighted by Crippen LogP contribution is 2.49. The van der Waals surface area contributed by atoms with E-state index in [0.29, 0.717) is 39.0 Å². The summed E-state index contributed by atoms with van der Waals surface area (Å²) in [5, 5.41) is 5.33. The Bertz CT molecular complexity index is 1750. The first-order valence-corrected chi connectivity index (χ1v) is 13.0. The van der Waals surface area contributed by atoms with Gasteiger partial charge in [-0.2, -0.15) is 0 Å². The van der Waals surface area contributed by atoms with Gasteiger partial charge in [-0.25, -0.2) is 4.79 Å². The number of methoxy groups -OCH3 is 1. The average molecular weight is 543 g/mol. The lowest BCUT2D eigenvalue weighted by molar-refractivity contribution is -0.136. The second kappa shape index (κ2) is 9.19. The number of halogens is 2. The van der Waals surface area contributed by atoms with E-state index in [4.69, 9.17) is 27.9 Å². The number of hydrogen-bond donors (Lipinski definition) is 1. The quantitative estimate of drug-likeness (QED) is 0.281. The largest absolute Gasteiger partial charge is 0.466 e. The fraction of sp³-hybridized carbons (Fsp3) is 0.161. The van der Waals surface area contributed by atoms with Crippen LogP contribution in [0.1, 0.15) is 45.6 Å². The lowest BCUT2D eigenvalue weighted by Crippen LogP contribution is -2.29. The summed E-state index contributed by atoms with van der Waals surface area (Å²) in [4.78, 5) is 27.1. The topological polar surface area (TPSA) is 60.3 Å². The first kappa shape index (κ1) is 24.5. The van der Waals surface area contributed by atoms with E-state index in [1.807, 2.05) is 68.4 Å². The molecule has 0 saturated heterocycles. The molecule has 2 heterocycles. The molecule has 2 aliphatic rings. The van der Waals surface area contributed by atoms with Crippen LogP contribution in [0, 0.1) is 6.92 Å². The Morgan fingerprint density at radius 1 is 0.974 bits per heavy atom. The number of carbonyl (C=O) groups is 2. The van der Waals surface area contributed by atoms with Gasteiger partial charge in [0.2, 0.25) is 0 Å². The van der Waals surface area contributed by atoms with Crippen molar-refractivity contribution in [3.05, 3.63) is 122 Å². The number of fused-ring (bicyclic) bond motifs is 3. The molecule has 4 aromatic rings. The van der Waals surface area contributed by atoms with Gasteiger partial charge >= 0.3 is 5.97 Å². The molecule has 6 rings (SSSR count). The normalized spacial score (nSPS) is 16.6. The molecule has 1 aromatic heterocycles. The van der Waals surface area contributed by atoms with Gasteiger partial charge in [0.25, 0.3) is 0 Å². The number of aromatic nitrogens is 1. The highest BCUT2D eigenvalue weighted by molar-refractivity contribution is 6.42. The lowest BCUT2D eigenvalue weighted by atomic mass is 9.78. The molecule has 0 radical (unpaired) electrons. The number of nitrogens with one attached hydrogen (secondary N) is 1. The number of nitrogens with zero attached hydrogens (tertiary/aromatic N) is 1. The Kier molecular flexibility index (Phi) is 5.93. The smallest absolute Gasteiger partial charge is 0.336 e. The van der Waals surface area contributed by atoms with Crippen molar-refractivity contribution in [3.8, 4) is 0 Å². The summed E-state index contributed by atoms with van der Waals surface area (Å²) in [7, 11) is 1.37. The Labute approximate surface area is 230 Å². The Balaban J connectivity index is 1.61. The minimum atomic E-state index is -0.599.